The number of ether oxygens (including phenoxy) is 1. The Bertz CT molecular complexity index is 1120. The van der Waals surface area contributed by atoms with Crippen molar-refractivity contribution in [3.63, 3.8) is 0 Å². The summed E-state index contributed by atoms with van der Waals surface area (Å²) in [5.41, 5.74) is 7.71. The maximum Gasteiger partial charge on any atom is 0.129 e. The smallest absolute Gasteiger partial charge is 0.129 e. The molecular formula is C25H19NOS. The number of pyridine rings is 1. The van der Waals surface area contributed by atoms with Gasteiger partial charge in [0.05, 0.1) is 11.4 Å². The lowest BCUT2D eigenvalue weighted by Crippen LogP contribution is -2.09. The molecule has 0 saturated heterocycles. The number of nitrogens with zero attached hydrogens (tertiary/aromatic N) is 1. The summed E-state index contributed by atoms with van der Waals surface area (Å²) in [6.07, 6.45) is 2.09. The van der Waals surface area contributed by atoms with E-state index in [4.69, 9.17) is 9.72 Å². The molecule has 1 aliphatic heterocycles. The van der Waals surface area contributed by atoms with Crippen LogP contribution in [0.15, 0.2) is 89.8 Å². The van der Waals surface area contributed by atoms with Gasteiger partial charge in [-0.05, 0) is 47.7 Å². The Balaban J connectivity index is 1.75. The van der Waals surface area contributed by atoms with Gasteiger partial charge in [0.15, 0.2) is 0 Å². The first-order valence-corrected chi connectivity index (χ1v) is 10.5. The zero-order chi connectivity index (χ0) is 18.9. The van der Waals surface area contributed by atoms with Gasteiger partial charge in [-0.1, -0.05) is 54.6 Å². The normalized spacial score (nSPS) is 12.0. The third-order valence-corrected chi connectivity index (χ3v) is 5.85. The third-order valence-electron chi connectivity index (χ3n) is 5.11. The molecule has 28 heavy (non-hydrogen) atoms. The van der Waals surface area contributed by atoms with E-state index in [-0.39, 0.29) is 0 Å². The van der Waals surface area contributed by atoms with Crippen LogP contribution in [0.4, 0.5) is 0 Å². The summed E-state index contributed by atoms with van der Waals surface area (Å²) >= 11 is 1.75. The zero-order valence-electron chi connectivity index (χ0n) is 15.6. The predicted molar refractivity (Wildman–Crippen MR) is 117 cm³/mol. The Hall–Kier alpha value is -3.04. The lowest BCUT2D eigenvalue weighted by atomic mass is 9.92. The molecule has 4 aromatic rings. The number of hydrogen-bond donors (Lipinski definition) is 0. The average Bonchev–Trinajstić information content (AvgIpc) is 2.79. The van der Waals surface area contributed by atoms with Crippen molar-refractivity contribution in [2.75, 3.05) is 6.26 Å². The minimum absolute atomic E-state index is 0.537. The summed E-state index contributed by atoms with van der Waals surface area (Å²) in [5, 5.41) is 0. The molecule has 0 aliphatic carbocycles. The van der Waals surface area contributed by atoms with Crippen LogP contribution in [0.3, 0.4) is 0 Å². The lowest BCUT2D eigenvalue weighted by molar-refractivity contribution is 0.302. The molecule has 2 heterocycles. The van der Waals surface area contributed by atoms with E-state index in [0.717, 1.165) is 33.8 Å². The highest BCUT2D eigenvalue weighted by atomic mass is 32.2. The molecule has 1 aromatic heterocycles. The molecular weight excluding hydrogens is 362 g/mol. The van der Waals surface area contributed by atoms with Crippen molar-refractivity contribution in [1.82, 2.24) is 4.98 Å². The van der Waals surface area contributed by atoms with Gasteiger partial charge in [-0.3, -0.25) is 0 Å². The molecule has 0 saturated carbocycles. The Morgan fingerprint density at radius 2 is 1.54 bits per heavy atom. The minimum Gasteiger partial charge on any atom is -0.488 e. The summed E-state index contributed by atoms with van der Waals surface area (Å²) < 4.78 is 6.05. The zero-order valence-corrected chi connectivity index (χ0v) is 16.4. The third kappa shape index (κ3) is 2.98. The molecule has 0 amide bonds. The minimum atomic E-state index is 0.537. The van der Waals surface area contributed by atoms with E-state index >= 15 is 0 Å². The molecule has 0 N–H and O–H groups in total. The molecule has 0 spiro atoms. The van der Waals surface area contributed by atoms with Crippen LogP contribution < -0.4 is 4.74 Å². The van der Waals surface area contributed by atoms with Crippen molar-refractivity contribution in [3.8, 4) is 39.4 Å². The van der Waals surface area contributed by atoms with E-state index in [1.165, 1.54) is 16.0 Å². The van der Waals surface area contributed by atoms with E-state index in [1.54, 1.807) is 11.8 Å². The van der Waals surface area contributed by atoms with Crippen LogP contribution in [0.1, 0.15) is 5.56 Å². The molecule has 2 nitrogen and oxygen atoms in total. The second-order valence-corrected chi connectivity index (χ2v) is 7.64. The van der Waals surface area contributed by atoms with Crippen LogP contribution in [0.2, 0.25) is 0 Å². The second kappa shape index (κ2) is 7.17. The summed E-state index contributed by atoms with van der Waals surface area (Å²) in [4.78, 5) is 6.33. The molecule has 136 valence electrons. The van der Waals surface area contributed by atoms with Crippen LogP contribution >= 0.6 is 11.8 Å². The number of rotatable bonds is 3. The number of aromatic nitrogens is 1. The average molecular weight is 382 g/mol. The maximum absolute atomic E-state index is 6.05. The Labute approximate surface area is 169 Å². The topological polar surface area (TPSA) is 22.1 Å². The fourth-order valence-electron chi connectivity index (χ4n) is 3.66. The van der Waals surface area contributed by atoms with Gasteiger partial charge in [-0.2, -0.15) is 0 Å². The van der Waals surface area contributed by atoms with Gasteiger partial charge in [0.25, 0.3) is 0 Å². The molecule has 3 aromatic carbocycles. The Morgan fingerprint density at radius 3 is 2.32 bits per heavy atom. The fraction of sp³-hybridized carbons (Fsp3) is 0.0800. The Morgan fingerprint density at radius 1 is 0.786 bits per heavy atom. The van der Waals surface area contributed by atoms with Gasteiger partial charge in [-0.25, -0.2) is 4.98 Å². The standard InChI is InChI=1S/C25H19NOS/c1-28-19-13-11-18(12-14-19)23-15-21(17-7-3-2-4-8-17)22-16-27-24-10-6-5-9-20(24)25(22)26-23/h2-15H,16H2,1H3. The van der Waals surface area contributed by atoms with Crippen molar-refractivity contribution < 1.29 is 4.74 Å². The van der Waals surface area contributed by atoms with E-state index < -0.39 is 0 Å². The van der Waals surface area contributed by atoms with Crippen molar-refractivity contribution in [1.29, 1.82) is 0 Å². The highest BCUT2D eigenvalue weighted by molar-refractivity contribution is 7.98. The predicted octanol–water partition coefficient (Wildman–Crippen LogP) is 6.70. The van der Waals surface area contributed by atoms with Crippen molar-refractivity contribution >= 4 is 11.8 Å². The quantitative estimate of drug-likeness (QED) is 0.369. The van der Waals surface area contributed by atoms with E-state index in [0.29, 0.717) is 6.61 Å². The highest BCUT2D eigenvalue weighted by Crippen LogP contribution is 2.42. The lowest BCUT2D eigenvalue weighted by Gasteiger charge is -2.23. The Kier molecular flexibility index (Phi) is 4.38. The molecule has 1 aliphatic rings. The molecule has 3 heteroatoms. The second-order valence-electron chi connectivity index (χ2n) is 6.76. The molecule has 0 unspecified atom stereocenters. The van der Waals surface area contributed by atoms with Gasteiger partial charge in [0.2, 0.25) is 0 Å². The molecule has 5 rings (SSSR count). The van der Waals surface area contributed by atoms with Crippen LogP contribution in [-0.4, -0.2) is 11.2 Å². The molecule has 0 radical (unpaired) electrons. The number of benzene rings is 3. The van der Waals surface area contributed by atoms with Crippen molar-refractivity contribution in [2.45, 2.75) is 11.5 Å². The molecule has 0 atom stereocenters. The van der Waals surface area contributed by atoms with Crippen molar-refractivity contribution in [3.05, 3.63) is 90.5 Å². The monoisotopic (exact) mass is 381 g/mol. The van der Waals surface area contributed by atoms with Gasteiger partial charge in [0.1, 0.15) is 12.4 Å². The van der Waals surface area contributed by atoms with E-state index in [1.807, 2.05) is 24.3 Å². The molecule has 0 bridgehead atoms. The van der Waals surface area contributed by atoms with Crippen LogP contribution in [0, 0.1) is 0 Å². The summed E-state index contributed by atoms with van der Waals surface area (Å²) in [6, 6.07) is 29.5. The first kappa shape index (κ1) is 17.1. The van der Waals surface area contributed by atoms with Gasteiger partial charge in [-0.15, -0.1) is 11.8 Å². The fourth-order valence-corrected chi connectivity index (χ4v) is 4.07. The number of para-hydroxylation sites is 1. The van der Waals surface area contributed by atoms with Gasteiger partial charge < -0.3 is 4.74 Å². The maximum atomic E-state index is 6.05. The van der Waals surface area contributed by atoms with E-state index in [9.17, 15) is 0 Å². The number of fused-ring (bicyclic) bond motifs is 3. The van der Waals surface area contributed by atoms with Crippen LogP contribution in [0.25, 0.3) is 33.6 Å². The highest BCUT2D eigenvalue weighted by Gasteiger charge is 2.23. The number of thioether (sulfide) groups is 1. The SMILES string of the molecule is CSc1ccc(-c2cc(-c3ccccc3)c3c(n2)-c2ccccc2OC3)cc1. The molecule has 0 fully saturated rings. The van der Waals surface area contributed by atoms with Gasteiger partial charge in [0, 0.05) is 21.6 Å². The summed E-state index contributed by atoms with van der Waals surface area (Å²) in [5.74, 6) is 0.899. The first-order chi connectivity index (χ1) is 13.8. The summed E-state index contributed by atoms with van der Waals surface area (Å²) in [7, 11) is 0. The first-order valence-electron chi connectivity index (χ1n) is 9.29. The van der Waals surface area contributed by atoms with Crippen LogP contribution in [-0.2, 0) is 6.61 Å². The summed E-state index contributed by atoms with van der Waals surface area (Å²) in [6.45, 7) is 0.537. The largest absolute Gasteiger partial charge is 0.488 e. The van der Waals surface area contributed by atoms with Crippen LogP contribution in [0.5, 0.6) is 5.75 Å². The van der Waals surface area contributed by atoms with Crippen molar-refractivity contribution in [2.24, 2.45) is 0 Å². The number of hydrogen-bond acceptors (Lipinski definition) is 3. The van der Waals surface area contributed by atoms with E-state index in [2.05, 4.69) is 66.9 Å². The van der Waals surface area contributed by atoms with Gasteiger partial charge >= 0.3 is 0 Å².